The van der Waals surface area contributed by atoms with Crippen molar-refractivity contribution in [1.82, 2.24) is 14.4 Å². The summed E-state index contributed by atoms with van der Waals surface area (Å²) in [6.07, 6.45) is 4.10. The smallest absolute Gasteiger partial charge is 0.137 e. The molecule has 0 radical (unpaired) electrons. The third kappa shape index (κ3) is 2.14. The number of nitrogens with zero attached hydrogens (tertiary/aromatic N) is 3. The summed E-state index contributed by atoms with van der Waals surface area (Å²) < 4.78 is 1.83. The molecule has 1 atom stereocenters. The summed E-state index contributed by atoms with van der Waals surface area (Å²) in [5.41, 5.74) is 7.47. The highest BCUT2D eigenvalue weighted by Crippen LogP contribution is 2.27. The van der Waals surface area contributed by atoms with Crippen LogP contribution in [0.4, 0.5) is 5.82 Å². The number of nitrogen functional groups attached to an aromatic ring is 1. The fraction of sp³-hybridized carbons (Fsp3) is 0.0769. The Kier molecular flexibility index (Phi) is 2.85. The number of fused-ring (bicyclic) bond motifs is 1. The largest absolute Gasteiger partial charge is 0.383 e. The summed E-state index contributed by atoms with van der Waals surface area (Å²) in [6.45, 7) is 0. The molecule has 96 valence electrons. The van der Waals surface area contributed by atoms with E-state index >= 15 is 0 Å². The van der Waals surface area contributed by atoms with Gasteiger partial charge in [-0.15, -0.1) is 0 Å². The van der Waals surface area contributed by atoms with Crippen molar-refractivity contribution in [3.05, 3.63) is 59.1 Å². The predicted octanol–water partition coefficient (Wildman–Crippen LogP) is 2.05. The van der Waals surface area contributed by atoms with E-state index < -0.39 is 6.10 Å². The zero-order valence-corrected chi connectivity index (χ0v) is 10.6. The Morgan fingerprint density at radius 2 is 2.21 bits per heavy atom. The molecule has 0 aliphatic heterocycles. The van der Waals surface area contributed by atoms with Gasteiger partial charge in [0.15, 0.2) is 0 Å². The van der Waals surface area contributed by atoms with Gasteiger partial charge in [-0.3, -0.25) is 0 Å². The number of aliphatic hydroxyl groups is 1. The summed E-state index contributed by atoms with van der Waals surface area (Å²) >= 11 is 5.87. The van der Waals surface area contributed by atoms with Crippen LogP contribution in [0.3, 0.4) is 0 Å². The second-order valence-electron chi connectivity index (χ2n) is 4.16. The van der Waals surface area contributed by atoms with Gasteiger partial charge in [-0.25, -0.2) is 9.97 Å². The molecule has 19 heavy (non-hydrogen) atoms. The molecule has 3 heterocycles. The molecule has 3 N–H and O–H groups in total. The predicted molar refractivity (Wildman–Crippen MR) is 72.9 cm³/mol. The number of pyridine rings is 2. The maximum Gasteiger partial charge on any atom is 0.137 e. The Labute approximate surface area is 114 Å². The number of anilines is 1. The molecule has 0 fully saturated rings. The summed E-state index contributed by atoms with van der Waals surface area (Å²) in [5.74, 6) is 0.244. The number of imidazole rings is 1. The van der Waals surface area contributed by atoms with Gasteiger partial charge in [0, 0.05) is 24.2 Å². The zero-order chi connectivity index (χ0) is 13.4. The zero-order valence-electron chi connectivity index (χ0n) is 9.86. The molecular formula is C13H11ClN4O. The molecule has 0 saturated carbocycles. The highest BCUT2D eigenvalue weighted by molar-refractivity contribution is 6.30. The van der Waals surface area contributed by atoms with E-state index in [9.17, 15) is 5.11 Å². The molecule has 3 aromatic rings. The van der Waals surface area contributed by atoms with Gasteiger partial charge in [0.1, 0.15) is 17.6 Å². The van der Waals surface area contributed by atoms with E-state index in [-0.39, 0.29) is 5.82 Å². The molecule has 3 aromatic heterocycles. The normalized spacial score (nSPS) is 12.7. The Hall–Kier alpha value is -2.11. The maximum atomic E-state index is 10.3. The third-order valence-electron chi connectivity index (χ3n) is 2.87. The van der Waals surface area contributed by atoms with Gasteiger partial charge in [0.25, 0.3) is 0 Å². The summed E-state index contributed by atoms with van der Waals surface area (Å²) in [7, 11) is 0. The van der Waals surface area contributed by atoms with E-state index in [1.54, 1.807) is 12.3 Å². The number of rotatable bonds is 2. The molecule has 6 heteroatoms. The summed E-state index contributed by atoms with van der Waals surface area (Å²) in [6, 6.07) is 7.22. The number of nitrogens with two attached hydrogens (primary N) is 1. The number of aromatic nitrogens is 3. The SMILES string of the molecule is Nc1ncc(Cl)cc1C(O)c1cn2ccccc2n1. The Balaban J connectivity index is 2.07. The highest BCUT2D eigenvalue weighted by Gasteiger charge is 2.18. The van der Waals surface area contributed by atoms with Crippen LogP contribution in [0.25, 0.3) is 5.65 Å². The molecule has 0 aromatic carbocycles. The van der Waals surface area contributed by atoms with Gasteiger partial charge in [-0.05, 0) is 18.2 Å². The van der Waals surface area contributed by atoms with Crippen molar-refractivity contribution in [2.75, 3.05) is 5.73 Å². The topological polar surface area (TPSA) is 76.4 Å². The molecule has 0 aliphatic rings. The Morgan fingerprint density at radius 1 is 1.37 bits per heavy atom. The number of aliphatic hydroxyl groups excluding tert-OH is 1. The minimum atomic E-state index is -0.953. The van der Waals surface area contributed by atoms with Crippen LogP contribution in [-0.2, 0) is 0 Å². The minimum Gasteiger partial charge on any atom is -0.383 e. The van der Waals surface area contributed by atoms with Crippen molar-refractivity contribution in [1.29, 1.82) is 0 Å². The average Bonchev–Trinajstić information content (AvgIpc) is 2.84. The van der Waals surface area contributed by atoms with Crippen LogP contribution in [-0.4, -0.2) is 19.5 Å². The monoisotopic (exact) mass is 274 g/mol. The van der Waals surface area contributed by atoms with Crippen molar-refractivity contribution in [3.8, 4) is 0 Å². The van der Waals surface area contributed by atoms with Crippen LogP contribution < -0.4 is 5.73 Å². The summed E-state index contributed by atoms with van der Waals surface area (Å²) in [4.78, 5) is 8.28. The average molecular weight is 275 g/mol. The second kappa shape index (κ2) is 4.53. The lowest BCUT2D eigenvalue weighted by atomic mass is 10.1. The van der Waals surface area contributed by atoms with E-state index in [0.29, 0.717) is 16.3 Å². The molecule has 0 saturated heterocycles. The molecule has 1 unspecified atom stereocenters. The first kappa shape index (κ1) is 12.0. The van der Waals surface area contributed by atoms with Crippen molar-refractivity contribution in [2.24, 2.45) is 0 Å². The number of hydrogen-bond donors (Lipinski definition) is 2. The van der Waals surface area contributed by atoms with Crippen LogP contribution in [0.5, 0.6) is 0 Å². The molecular weight excluding hydrogens is 264 g/mol. The van der Waals surface area contributed by atoms with E-state index in [1.807, 2.05) is 28.8 Å². The van der Waals surface area contributed by atoms with Crippen LogP contribution in [0, 0.1) is 0 Å². The van der Waals surface area contributed by atoms with E-state index in [2.05, 4.69) is 9.97 Å². The van der Waals surface area contributed by atoms with Crippen LogP contribution in [0.1, 0.15) is 17.4 Å². The Bertz CT molecular complexity index is 707. The lowest BCUT2D eigenvalue weighted by Gasteiger charge is -2.10. The van der Waals surface area contributed by atoms with Gasteiger partial charge in [0.05, 0.1) is 10.7 Å². The fourth-order valence-corrected chi connectivity index (χ4v) is 2.10. The van der Waals surface area contributed by atoms with Gasteiger partial charge in [0.2, 0.25) is 0 Å². The molecule has 0 bridgehead atoms. The van der Waals surface area contributed by atoms with Gasteiger partial charge >= 0.3 is 0 Å². The highest BCUT2D eigenvalue weighted by atomic mass is 35.5. The molecule has 0 spiro atoms. The fourth-order valence-electron chi connectivity index (χ4n) is 1.93. The van der Waals surface area contributed by atoms with Crippen molar-refractivity contribution in [2.45, 2.75) is 6.10 Å². The minimum absolute atomic E-state index is 0.244. The van der Waals surface area contributed by atoms with Crippen LogP contribution >= 0.6 is 11.6 Å². The first-order chi connectivity index (χ1) is 9.15. The quantitative estimate of drug-likeness (QED) is 0.750. The first-order valence-corrected chi connectivity index (χ1v) is 6.05. The van der Waals surface area contributed by atoms with Crippen molar-refractivity contribution < 1.29 is 5.11 Å². The first-order valence-electron chi connectivity index (χ1n) is 5.68. The van der Waals surface area contributed by atoms with Gasteiger partial charge < -0.3 is 15.2 Å². The lowest BCUT2D eigenvalue weighted by molar-refractivity contribution is 0.216. The number of halogens is 1. The van der Waals surface area contributed by atoms with E-state index in [4.69, 9.17) is 17.3 Å². The third-order valence-corrected chi connectivity index (χ3v) is 3.08. The standard InChI is InChI=1S/C13H11ClN4O/c14-8-5-9(13(15)16-6-8)12(19)10-7-18-4-2-1-3-11(18)17-10/h1-7,12,19H,(H2,15,16). The van der Waals surface area contributed by atoms with Gasteiger partial charge in [-0.1, -0.05) is 17.7 Å². The Morgan fingerprint density at radius 3 is 3.00 bits per heavy atom. The van der Waals surface area contributed by atoms with Crippen LogP contribution in [0.2, 0.25) is 5.02 Å². The van der Waals surface area contributed by atoms with Gasteiger partial charge in [-0.2, -0.15) is 0 Å². The molecule has 0 aliphatic carbocycles. The number of hydrogen-bond acceptors (Lipinski definition) is 4. The van der Waals surface area contributed by atoms with E-state index in [0.717, 1.165) is 5.65 Å². The second-order valence-corrected chi connectivity index (χ2v) is 4.60. The van der Waals surface area contributed by atoms with E-state index in [1.165, 1.54) is 6.20 Å². The van der Waals surface area contributed by atoms with Crippen molar-refractivity contribution >= 4 is 23.1 Å². The maximum absolute atomic E-state index is 10.3. The summed E-state index contributed by atoms with van der Waals surface area (Å²) in [5, 5.41) is 10.8. The lowest BCUT2D eigenvalue weighted by Crippen LogP contribution is -2.05. The molecule has 5 nitrogen and oxygen atoms in total. The van der Waals surface area contributed by atoms with Crippen LogP contribution in [0.15, 0.2) is 42.9 Å². The molecule has 0 amide bonds. The molecule has 3 rings (SSSR count). The van der Waals surface area contributed by atoms with Crippen molar-refractivity contribution in [3.63, 3.8) is 0 Å².